The zero-order valence-electron chi connectivity index (χ0n) is 30.6. The van der Waals surface area contributed by atoms with E-state index >= 15 is 0 Å². The van der Waals surface area contributed by atoms with Gasteiger partial charge in [-0.15, -0.1) is 0 Å². The molecule has 0 saturated carbocycles. The molecule has 10 aromatic carbocycles. The lowest BCUT2D eigenvalue weighted by molar-refractivity contribution is 0.669. The van der Waals surface area contributed by atoms with Gasteiger partial charge in [-0.2, -0.15) is 0 Å². The van der Waals surface area contributed by atoms with Crippen LogP contribution in [0.5, 0.6) is 0 Å². The Morgan fingerprint density at radius 3 is 1.57 bits per heavy atom. The van der Waals surface area contributed by atoms with Gasteiger partial charge in [-0.1, -0.05) is 146 Å². The zero-order chi connectivity index (χ0) is 37.0. The third-order valence-corrected chi connectivity index (χ3v) is 11.2. The highest BCUT2D eigenvalue weighted by Crippen LogP contribution is 2.40. The first-order valence-electron chi connectivity index (χ1n) is 19.2. The molecule has 0 radical (unpaired) electrons. The van der Waals surface area contributed by atoms with Crippen molar-refractivity contribution >= 4 is 71.3 Å². The van der Waals surface area contributed by atoms with Gasteiger partial charge >= 0.3 is 0 Å². The molecule has 0 N–H and O–H groups in total. The Hall–Kier alpha value is -7.42. The van der Waals surface area contributed by atoms with Gasteiger partial charge in [-0.25, -0.2) is 0 Å². The molecule has 0 amide bonds. The zero-order valence-corrected chi connectivity index (χ0v) is 30.6. The molecule has 0 fully saturated rings. The average molecular weight is 714 g/mol. The Kier molecular flexibility index (Phi) is 7.53. The number of furan rings is 1. The smallest absolute Gasteiger partial charge is 0.135 e. The molecule has 262 valence electrons. The van der Waals surface area contributed by atoms with E-state index in [9.17, 15) is 0 Å². The van der Waals surface area contributed by atoms with E-state index < -0.39 is 0 Å². The molecule has 56 heavy (non-hydrogen) atoms. The summed E-state index contributed by atoms with van der Waals surface area (Å²) in [5.41, 5.74) is 12.2. The highest BCUT2D eigenvalue weighted by atomic mass is 16.3. The molecular formula is C54H35NO. The van der Waals surface area contributed by atoms with Crippen LogP contribution in [0, 0.1) is 0 Å². The van der Waals surface area contributed by atoms with Crippen LogP contribution in [-0.4, -0.2) is 0 Å². The molecule has 11 aromatic rings. The van der Waals surface area contributed by atoms with Crippen molar-refractivity contribution in [2.75, 3.05) is 4.90 Å². The predicted molar refractivity (Wildman–Crippen MR) is 237 cm³/mol. The number of nitrogens with zero attached hydrogens (tertiary/aromatic N) is 1. The van der Waals surface area contributed by atoms with Crippen molar-refractivity contribution in [1.29, 1.82) is 0 Å². The van der Waals surface area contributed by atoms with Gasteiger partial charge in [-0.3, -0.25) is 0 Å². The molecule has 0 bridgehead atoms. The SMILES string of the molecule is c1cc(-c2ccc3ccccc3c2)cc(N(c2ccc(-c3ccc4c(ccc5ccccc54)c3)cc2)c2ccc(-c3ccc4oc5ccccc5c4c3)cc2)c1. The first-order chi connectivity index (χ1) is 27.7. The van der Waals surface area contributed by atoms with Crippen LogP contribution in [0.25, 0.3) is 87.6 Å². The number of benzene rings is 10. The number of rotatable bonds is 6. The van der Waals surface area contributed by atoms with Gasteiger partial charge in [0.05, 0.1) is 0 Å². The van der Waals surface area contributed by atoms with Gasteiger partial charge in [0.2, 0.25) is 0 Å². The van der Waals surface area contributed by atoms with Gasteiger partial charge in [0, 0.05) is 27.8 Å². The molecule has 0 aliphatic heterocycles. The van der Waals surface area contributed by atoms with Gasteiger partial charge in [0.25, 0.3) is 0 Å². The van der Waals surface area contributed by atoms with Crippen LogP contribution in [0.3, 0.4) is 0 Å². The van der Waals surface area contributed by atoms with Crippen LogP contribution in [0.4, 0.5) is 17.1 Å². The first kappa shape index (κ1) is 32.0. The number of fused-ring (bicyclic) bond motifs is 7. The second kappa shape index (κ2) is 13.2. The van der Waals surface area contributed by atoms with Crippen LogP contribution < -0.4 is 4.90 Å². The predicted octanol–water partition coefficient (Wildman–Crippen LogP) is 15.5. The summed E-state index contributed by atoms with van der Waals surface area (Å²) < 4.78 is 6.12. The van der Waals surface area contributed by atoms with Crippen LogP contribution in [-0.2, 0) is 0 Å². The fraction of sp³-hybridized carbons (Fsp3) is 0. The van der Waals surface area contributed by atoms with Crippen molar-refractivity contribution in [2.24, 2.45) is 0 Å². The largest absolute Gasteiger partial charge is 0.456 e. The first-order valence-corrected chi connectivity index (χ1v) is 19.2. The molecule has 0 saturated heterocycles. The van der Waals surface area contributed by atoms with Crippen LogP contribution in [0.1, 0.15) is 0 Å². The van der Waals surface area contributed by atoms with Crippen LogP contribution >= 0.6 is 0 Å². The molecule has 0 spiro atoms. The Balaban J connectivity index is 0.987. The van der Waals surface area contributed by atoms with Crippen molar-refractivity contribution in [3.05, 3.63) is 212 Å². The monoisotopic (exact) mass is 713 g/mol. The summed E-state index contributed by atoms with van der Waals surface area (Å²) in [7, 11) is 0. The third-order valence-electron chi connectivity index (χ3n) is 11.2. The van der Waals surface area contributed by atoms with Crippen LogP contribution in [0.15, 0.2) is 217 Å². The number of hydrogen-bond acceptors (Lipinski definition) is 2. The molecule has 1 heterocycles. The number of hydrogen-bond donors (Lipinski definition) is 0. The van der Waals surface area contributed by atoms with E-state index in [0.29, 0.717) is 0 Å². The fourth-order valence-electron chi connectivity index (χ4n) is 8.34. The van der Waals surface area contributed by atoms with E-state index in [-0.39, 0.29) is 0 Å². The molecule has 0 unspecified atom stereocenters. The summed E-state index contributed by atoms with van der Waals surface area (Å²) in [5, 5.41) is 9.84. The summed E-state index contributed by atoms with van der Waals surface area (Å²) in [5.74, 6) is 0. The lowest BCUT2D eigenvalue weighted by Gasteiger charge is -2.26. The average Bonchev–Trinajstić information content (AvgIpc) is 3.65. The minimum atomic E-state index is 0.907. The van der Waals surface area contributed by atoms with E-state index in [0.717, 1.165) is 50.1 Å². The third kappa shape index (κ3) is 5.59. The molecule has 2 heteroatoms. The molecule has 0 aliphatic rings. The van der Waals surface area contributed by atoms with Gasteiger partial charge in [-0.05, 0) is 132 Å². The lowest BCUT2D eigenvalue weighted by Crippen LogP contribution is -2.10. The Labute approximate surface area is 325 Å². The fourth-order valence-corrected chi connectivity index (χ4v) is 8.34. The summed E-state index contributed by atoms with van der Waals surface area (Å²) in [6.07, 6.45) is 0. The van der Waals surface area contributed by atoms with Gasteiger partial charge in [0.15, 0.2) is 0 Å². The summed E-state index contributed by atoms with van der Waals surface area (Å²) >= 11 is 0. The molecule has 2 nitrogen and oxygen atoms in total. The van der Waals surface area contributed by atoms with E-state index in [4.69, 9.17) is 4.42 Å². The normalized spacial score (nSPS) is 11.6. The topological polar surface area (TPSA) is 16.4 Å². The summed E-state index contributed by atoms with van der Waals surface area (Å²) in [6.45, 7) is 0. The van der Waals surface area contributed by atoms with Crippen LogP contribution in [0.2, 0.25) is 0 Å². The minimum Gasteiger partial charge on any atom is -0.456 e. The maximum absolute atomic E-state index is 6.12. The van der Waals surface area contributed by atoms with Crippen molar-refractivity contribution in [3.63, 3.8) is 0 Å². The molecule has 11 rings (SSSR count). The van der Waals surface area contributed by atoms with Crippen molar-refractivity contribution in [1.82, 2.24) is 0 Å². The van der Waals surface area contributed by atoms with Crippen molar-refractivity contribution < 1.29 is 4.42 Å². The quantitative estimate of drug-likeness (QED) is 0.160. The second-order valence-corrected chi connectivity index (χ2v) is 14.6. The van der Waals surface area contributed by atoms with E-state index in [1.54, 1.807) is 0 Å². The van der Waals surface area contributed by atoms with E-state index in [2.05, 4.69) is 205 Å². The molecular weight excluding hydrogens is 679 g/mol. The number of para-hydroxylation sites is 1. The second-order valence-electron chi connectivity index (χ2n) is 14.6. The Morgan fingerprint density at radius 1 is 0.250 bits per heavy atom. The Morgan fingerprint density at radius 2 is 0.768 bits per heavy atom. The number of anilines is 3. The molecule has 0 aliphatic carbocycles. The summed E-state index contributed by atoms with van der Waals surface area (Å²) in [6, 6.07) is 76.7. The highest BCUT2D eigenvalue weighted by Gasteiger charge is 2.16. The highest BCUT2D eigenvalue weighted by molar-refractivity contribution is 6.09. The summed E-state index contributed by atoms with van der Waals surface area (Å²) in [4.78, 5) is 2.36. The van der Waals surface area contributed by atoms with Gasteiger partial charge in [0.1, 0.15) is 11.2 Å². The van der Waals surface area contributed by atoms with E-state index in [1.165, 1.54) is 54.6 Å². The molecule has 1 aromatic heterocycles. The van der Waals surface area contributed by atoms with Crippen molar-refractivity contribution in [2.45, 2.75) is 0 Å². The Bertz CT molecular complexity index is 3250. The maximum Gasteiger partial charge on any atom is 0.135 e. The minimum absolute atomic E-state index is 0.907. The molecule has 0 atom stereocenters. The van der Waals surface area contributed by atoms with E-state index in [1.807, 2.05) is 12.1 Å². The maximum atomic E-state index is 6.12. The lowest BCUT2D eigenvalue weighted by atomic mass is 9.97. The standard InChI is InChI=1S/C54H35NO/c1-2-10-40-32-43(18-16-36(40)8-1)41-11-7-12-48(34-41)55(47-28-22-38(23-29-47)44-25-31-54-52(35-44)51-14-5-6-15-53(51)56-54)46-26-20-37(21-27-46)42-24-30-50-45(33-42)19-17-39-9-3-4-13-49(39)50/h1-35H. The van der Waals surface area contributed by atoms with Crippen molar-refractivity contribution in [3.8, 4) is 33.4 Å². The van der Waals surface area contributed by atoms with Gasteiger partial charge < -0.3 is 9.32 Å².